The van der Waals surface area contributed by atoms with Gasteiger partial charge in [-0.2, -0.15) is 5.10 Å². The van der Waals surface area contributed by atoms with E-state index < -0.39 is 12.4 Å². The van der Waals surface area contributed by atoms with Crippen molar-refractivity contribution in [2.45, 2.75) is 33.6 Å². The molecular formula is C25H30FN5O4. The van der Waals surface area contributed by atoms with Crippen molar-refractivity contribution in [1.29, 1.82) is 0 Å². The molecule has 10 heteroatoms. The quantitative estimate of drug-likeness (QED) is 0.229. The van der Waals surface area contributed by atoms with Gasteiger partial charge in [-0.15, -0.1) is 0 Å². The zero-order chi connectivity index (χ0) is 25.9. The molecule has 0 atom stereocenters. The van der Waals surface area contributed by atoms with Crippen molar-refractivity contribution in [3.8, 4) is 11.6 Å². The van der Waals surface area contributed by atoms with Crippen LogP contribution in [0.25, 0.3) is 16.5 Å². The van der Waals surface area contributed by atoms with Gasteiger partial charge >= 0.3 is 0 Å². The van der Waals surface area contributed by atoms with E-state index in [4.69, 9.17) is 4.74 Å². The van der Waals surface area contributed by atoms with Gasteiger partial charge in [0.25, 0.3) is 5.56 Å². The standard InChI is InChI=1S/C25H30FN5O4/c1-7-30(14-33)23(13-32)28-29(5)22-11-17-18(10-20(22)26)25(34)31(12-19(17)15(2)3)21-8-9-27-24(35-6)16(21)4/h8-12,14-15,32H,7,13H2,1-6H3/b28-23-. The molecule has 0 fully saturated rings. The first-order valence-corrected chi connectivity index (χ1v) is 11.2. The minimum Gasteiger partial charge on any atom is -0.481 e. The Bertz CT molecular complexity index is 1340. The Labute approximate surface area is 203 Å². The highest BCUT2D eigenvalue weighted by molar-refractivity contribution is 5.93. The molecule has 0 spiro atoms. The van der Waals surface area contributed by atoms with Gasteiger partial charge < -0.3 is 9.84 Å². The lowest BCUT2D eigenvalue weighted by molar-refractivity contribution is -0.114. The lowest BCUT2D eigenvalue weighted by atomic mass is 9.97. The number of hydrogen-bond donors (Lipinski definition) is 1. The maximum Gasteiger partial charge on any atom is 0.263 e. The van der Waals surface area contributed by atoms with E-state index in [-0.39, 0.29) is 28.4 Å². The van der Waals surface area contributed by atoms with Gasteiger partial charge in [-0.3, -0.25) is 24.1 Å². The number of amides is 1. The first-order valence-electron chi connectivity index (χ1n) is 11.2. The fraction of sp³-hybridized carbons (Fsp3) is 0.360. The van der Waals surface area contributed by atoms with E-state index in [1.807, 2.05) is 13.8 Å². The van der Waals surface area contributed by atoms with Crippen molar-refractivity contribution >= 4 is 28.7 Å². The van der Waals surface area contributed by atoms with Gasteiger partial charge in [0.2, 0.25) is 12.3 Å². The zero-order valence-corrected chi connectivity index (χ0v) is 20.7. The number of halogens is 1. The summed E-state index contributed by atoms with van der Waals surface area (Å²) in [4.78, 5) is 30.1. The Morgan fingerprint density at radius 3 is 2.63 bits per heavy atom. The van der Waals surface area contributed by atoms with Crippen LogP contribution < -0.4 is 15.3 Å². The summed E-state index contributed by atoms with van der Waals surface area (Å²) in [6, 6.07) is 4.48. The highest BCUT2D eigenvalue weighted by atomic mass is 19.1. The summed E-state index contributed by atoms with van der Waals surface area (Å²) in [6.07, 6.45) is 3.86. The van der Waals surface area contributed by atoms with E-state index in [0.29, 0.717) is 35.5 Å². The van der Waals surface area contributed by atoms with Crippen LogP contribution >= 0.6 is 0 Å². The molecule has 3 rings (SSSR count). The number of likely N-dealkylation sites (N-methyl/N-ethyl adjacent to an activating group) is 1. The molecule has 0 aliphatic carbocycles. The van der Waals surface area contributed by atoms with Crippen molar-refractivity contribution < 1.29 is 19.0 Å². The first kappa shape index (κ1) is 25.8. The monoisotopic (exact) mass is 483 g/mol. The van der Waals surface area contributed by atoms with Gasteiger partial charge in [0.05, 0.1) is 23.9 Å². The summed E-state index contributed by atoms with van der Waals surface area (Å²) >= 11 is 0. The maximum atomic E-state index is 15.3. The van der Waals surface area contributed by atoms with Gasteiger partial charge in [0, 0.05) is 31.5 Å². The third-order valence-electron chi connectivity index (χ3n) is 5.87. The second-order valence-corrected chi connectivity index (χ2v) is 8.32. The molecule has 0 bridgehead atoms. The molecule has 186 valence electrons. The number of rotatable bonds is 8. The Morgan fingerprint density at radius 1 is 1.34 bits per heavy atom. The second-order valence-electron chi connectivity index (χ2n) is 8.32. The highest BCUT2D eigenvalue weighted by Crippen LogP contribution is 2.31. The number of pyridine rings is 2. The molecular weight excluding hydrogens is 453 g/mol. The number of aliphatic hydroxyl groups excluding tert-OH is 1. The van der Waals surface area contributed by atoms with E-state index in [1.54, 1.807) is 38.4 Å². The summed E-state index contributed by atoms with van der Waals surface area (Å²) in [5.74, 6) is -0.174. The third-order valence-corrected chi connectivity index (χ3v) is 5.87. The van der Waals surface area contributed by atoms with E-state index in [1.165, 1.54) is 34.7 Å². The van der Waals surface area contributed by atoms with Crippen LogP contribution in [-0.4, -0.2) is 59.1 Å². The lowest BCUT2D eigenvalue weighted by Gasteiger charge is -2.22. The number of hydrogen-bond acceptors (Lipinski definition) is 7. The van der Waals surface area contributed by atoms with Crippen molar-refractivity contribution in [3.05, 3.63) is 57.9 Å². The molecule has 0 saturated heterocycles. The predicted molar refractivity (Wildman–Crippen MR) is 134 cm³/mol. The highest BCUT2D eigenvalue weighted by Gasteiger charge is 2.20. The van der Waals surface area contributed by atoms with E-state index in [0.717, 1.165) is 5.56 Å². The fourth-order valence-corrected chi connectivity index (χ4v) is 3.96. The van der Waals surface area contributed by atoms with Crippen molar-refractivity contribution in [1.82, 2.24) is 14.5 Å². The topological polar surface area (TPSA) is 100 Å². The molecule has 2 aromatic heterocycles. The van der Waals surface area contributed by atoms with E-state index >= 15 is 4.39 Å². The van der Waals surface area contributed by atoms with Crippen LogP contribution in [0.2, 0.25) is 0 Å². The van der Waals surface area contributed by atoms with E-state index in [2.05, 4.69) is 10.1 Å². The number of nitrogens with zero attached hydrogens (tertiary/aromatic N) is 5. The number of methoxy groups -OCH3 is 1. The fourth-order valence-electron chi connectivity index (χ4n) is 3.96. The number of hydrazone groups is 1. The molecule has 0 aliphatic rings. The number of benzene rings is 1. The minimum atomic E-state index is -0.663. The van der Waals surface area contributed by atoms with Crippen LogP contribution in [0, 0.1) is 12.7 Å². The summed E-state index contributed by atoms with van der Waals surface area (Å²) < 4.78 is 22.1. The number of aromatic nitrogens is 2. The Kier molecular flexibility index (Phi) is 7.85. The van der Waals surface area contributed by atoms with Crippen LogP contribution in [0.4, 0.5) is 10.1 Å². The van der Waals surface area contributed by atoms with Gasteiger partial charge in [0.1, 0.15) is 12.4 Å². The summed E-state index contributed by atoms with van der Waals surface area (Å²) in [7, 11) is 3.02. The number of amidine groups is 1. The Morgan fingerprint density at radius 2 is 2.06 bits per heavy atom. The molecule has 9 nitrogen and oxygen atoms in total. The molecule has 1 amide bonds. The molecule has 0 radical (unpaired) electrons. The average Bonchev–Trinajstić information content (AvgIpc) is 2.84. The second kappa shape index (κ2) is 10.6. The van der Waals surface area contributed by atoms with Crippen molar-refractivity contribution in [2.24, 2.45) is 5.10 Å². The molecule has 1 N–H and O–H groups in total. The molecule has 0 saturated carbocycles. The third kappa shape index (κ3) is 4.88. The molecule has 0 unspecified atom stereocenters. The normalized spacial score (nSPS) is 11.7. The van der Waals surface area contributed by atoms with Crippen molar-refractivity contribution in [2.75, 3.05) is 32.3 Å². The summed E-state index contributed by atoms with van der Waals surface area (Å²) in [6.45, 7) is 7.32. The number of fused-ring (bicyclic) bond motifs is 1. The van der Waals surface area contributed by atoms with E-state index in [9.17, 15) is 14.7 Å². The number of carbonyl (C=O) groups excluding carboxylic acids is 1. The summed E-state index contributed by atoms with van der Waals surface area (Å²) in [5.41, 5.74) is 1.83. The number of ether oxygens (including phenoxy) is 1. The van der Waals surface area contributed by atoms with Crippen molar-refractivity contribution in [3.63, 3.8) is 0 Å². The molecule has 35 heavy (non-hydrogen) atoms. The largest absolute Gasteiger partial charge is 0.481 e. The van der Waals surface area contributed by atoms with Gasteiger partial charge in [0.15, 0.2) is 5.84 Å². The van der Waals surface area contributed by atoms with Crippen LogP contribution in [0.5, 0.6) is 5.88 Å². The smallest absolute Gasteiger partial charge is 0.263 e. The number of anilines is 1. The van der Waals surface area contributed by atoms with Crippen LogP contribution in [0.1, 0.15) is 37.8 Å². The SMILES string of the molecule is CCN(C=O)/C(CO)=N\N(C)c1cc2c(C(C)C)cn(-c3ccnc(OC)c3C)c(=O)c2cc1F. The van der Waals surface area contributed by atoms with Gasteiger partial charge in [-0.25, -0.2) is 9.37 Å². The van der Waals surface area contributed by atoms with Crippen LogP contribution in [0.3, 0.4) is 0 Å². The maximum absolute atomic E-state index is 15.3. The molecule has 3 aromatic rings. The Balaban J connectivity index is 2.26. The van der Waals surface area contributed by atoms with Gasteiger partial charge in [-0.1, -0.05) is 13.8 Å². The average molecular weight is 484 g/mol. The van der Waals surface area contributed by atoms with Crippen LogP contribution in [0.15, 0.2) is 40.5 Å². The Hall–Kier alpha value is -3.79. The predicted octanol–water partition coefficient (Wildman–Crippen LogP) is 3.19. The number of carbonyl (C=O) groups is 1. The van der Waals surface area contributed by atoms with Gasteiger partial charge in [-0.05, 0) is 48.9 Å². The zero-order valence-electron chi connectivity index (χ0n) is 20.7. The minimum absolute atomic E-state index is 0.0131. The summed E-state index contributed by atoms with van der Waals surface area (Å²) in [5, 5.41) is 15.9. The van der Waals surface area contributed by atoms with Crippen LogP contribution in [-0.2, 0) is 4.79 Å². The molecule has 0 aliphatic heterocycles. The lowest BCUT2D eigenvalue weighted by Crippen LogP contribution is -2.34. The number of aliphatic hydroxyl groups is 1. The first-order chi connectivity index (χ1) is 16.7. The molecule has 2 heterocycles. The molecule has 1 aromatic carbocycles.